The number of methoxy groups -OCH3 is 1. The molecule has 0 bridgehead atoms. The molecule has 2 rings (SSSR count). The van der Waals surface area contributed by atoms with Crippen LogP contribution in [-0.4, -0.2) is 103 Å². The number of hydrogen-bond donors (Lipinski definition) is 3. The Labute approximate surface area is 199 Å². The summed E-state index contributed by atoms with van der Waals surface area (Å²) in [6.45, 7) is 5.08. The summed E-state index contributed by atoms with van der Waals surface area (Å²) >= 11 is 1.19. The minimum absolute atomic E-state index is 0. The third-order valence-electron chi connectivity index (χ3n) is 4.34. The fourth-order valence-corrected chi connectivity index (χ4v) is 4.92. The Morgan fingerprint density at radius 2 is 1.93 bits per heavy atom. The largest absolute Gasteiger partial charge is 0.383 e. The zero-order chi connectivity index (χ0) is 21.1. The summed E-state index contributed by atoms with van der Waals surface area (Å²) in [5, 5.41) is 7.74. The quantitative estimate of drug-likeness (QED) is 0.151. The second-order valence-electron chi connectivity index (χ2n) is 6.41. The van der Waals surface area contributed by atoms with Gasteiger partial charge in [-0.2, -0.15) is 0 Å². The van der Waals surface area contributed by atoms with Crippen molar-refractivity contribution >= 4 is 57.2 Å². The number of thiophene rings is 1. The molecule has 1 aliphatic rings. The van der Waals surface area contributed by atoms with Gasteiger partial charge < -0.3 is 20.3 Å². The van der Waals surface area contributed by atoms with E-state index in [0.717, 1.165) is 32.1 Å². The molecule has 3 N–H and O–H groups in total. The summed E-state index contributed by atoms with van der Waals surface area (Å²) in [6, 6.07) is 3.29. The molecule has 1 amide bonds. The Morgan fingerprint density at radius 1 is 1.20 bits per heavy atom. The Morgan fingerprint density at radius 3 is 2.53 bits per heavy atom. The summed E-state index contributed by atoms with van der Waals surface area (Å²) in [6.07, 6.45) is 0. The number of hydrogen-bond acceptors (Lipinski definition) is 7. The van der Waals surface area contributed by atoms with Gasteiger partial charge in [-0.15, -0.1) is 35.3 Å². The highest BCUT2D eigenvalue weighted by Gasteiger charge is 2.21. The Kier molecular flexibility index (Phi) is 12.7. The Bertz CT molecular complexity index is 752. The van der Waals surface area contributed by atoms with Crippen molar-refractivity contribution in [2.45, 2.75) is 4.21 Å². The van der Waals surface area contributed by atoms with Gasteiger partial charge in [0.1, 0.15) is 4.21 Å². The van der Waals surface area contributed by atoms with E-state index in [2.05, 4.69) is 30.1 Å². The van der Waals surface area contributed by atoms with E-state index in [1.165, 1.54) is 11.3 Å². The van der Waals surface area contributed by atoms with Gasteiger partial charge in [0, 0.05) is 60.0 Å². The molecule has 1 saturated heterocycles. The van der Waals surface area contributed by atoms with E-state index in [1.54, 1.807) is 31.7 Å². The molecule has 30 heavy (non-hydrogen) atoms. The van der Waals surface area contributed by atoms with Crippen LogP contribution in [0.2, 0.25) is 0 Å². The minimum Gasteiger partial charge on any atom is -0.383 e. The topological polar surface area (TPSA) is 115 Å². The monoisotopic (exact) mass is 574 g/mol. The third kappa shape index (κ3) is 9.01. The second-order valence-corrected chi connectivity index (χ2v) is 9.35. The third-order valence-corrected chi connectivity index (χ3v) is 7.20. The van der Waals surface area contributed by atoms with Crippen LogP contribution in [0.3, 0.4) is 0 Å². The fourth-order valence-electron chi connectivity index (χ4n) is 2.85. The minimum atomic E-state index is -3.45. The van der Waals surface area contributed by atoms with Crippen LogP contribution < -0.4 is 15.4 Å². The van der Waals surface area contributed by atoms with Crippen LogP contribution in [0.5, 0.6) is 0 Å². The van der Waals surface area contributed by atoms with Crippen molar-refractivity contribution in [3.05, 3.63) is 17.5 Å². The van der Waals surface area contributed by atoms with Gasteiger partial charge in [-0.25, -0.2) is 13.1 Å². The number of rotatable bonds is 10. The molecule has 1 fully saturated rings. The van der Waals surface area contributed by atoms with E-state index < -0.39 is 10.0 Å². The molecule has 0 aliphatic carbocycles. The molecule has 0 atom stereocenters. The lowest BCUT2D eigenvalue weighted by atomic mass is 10.3. The van der Waals surface area contributed by atoms with Crippen LogP contribution in [0, 0.1) is 0 Å². The number of aliphatic imine (C=N–C) groups is 1. The number of carbonyl (C=O) groups excluding carboxylic acids is 1. The van der Waals surface area contributed by atoms with Crippen molar-refractivity contribution < 1.29 is 17.9 Å². The predicted octanol–water partition coefficient (Wildman–Crippen LogP) is -0.400. The molecule has 0 aromatic carbocycles. The molecule has 1 aromatic rings. The molecule has 0 unspecified atom stereocenters. The van der Waals surface area contributed by atoms with E-state index in [9.17, 15) is 13.2 Å². The number of sulfonamides is 1. The smallest absolute Gasteiger partial charge is 0.250 e. The SMILES string of the molecule is CN=C(NCCNS(=O)(=O)c1cccs1)N1CCN(CC(=O)NCCOC)CC1.I. The number of carbonyl (C=O) groups is 1. The first-order valence-corrected chi connectivity index (χ1v) is 11.8. The van der Waals surface area contributed by atoms with Gasteiger partial charge in [-0.05, 0) is 11.4 Å². The lowest BCUT2D eigenvalue weighted by molar-refractivity contribution is -0.122. The first-order chi connectivity index (χ1) is 14.0. The summed E-state index contributed by atoms with van der Waals surface area (Å²) in [4.78, 5) is 20.4. The van der Waals surface area contributed by atoms with Gasteiger partial charge in [0.25, 0.3) is 0 Å². The summed E-state index contributed by atoms with van der Waals surface area (Å²) in [5.41, 5.74) is 0. The maximum absolute atomic E-state index is 12.1. The fraction of sp³-hybridized carbons (Fsp3) is 0.647. The maximum atomic E-state index is 12.1. The van der Waals surface area contributed by atoms with Crippen LogP contribution in [0.25, 0.3) is 0 Å². The van der Waals surface area contributed by atoms with Crippen molar-refractivity contribution in [1.29, 1.82) is 0 Å². The molecular formula is C17H31IN6O4S2. The lowest BCUT2D eigenvalue weighted by Gasteiger charge is -2.36. The number of halogens is 1. The number of ether oxygens (including phenoxy) is 1. The Hall–Kier alpha value is -1.00. The van der Waals surface area contributed by atoms with Crippen LogP contribution in [0.1, 0.15) is 0 Å². The molecule has 172 valence electrons. The van der Waals surface area contributed by atoms with E-state index >= 15 is 0 Å². The normalized spacial score (nSPS) is 15.5. The van der Waals surface area contributed by atoms with Gasteiger partial charge in [0.05, 0.1) is 13.2 Å². The van der Waals surface area contributed by atoms with Gasteiger partial charge >= 0.3 is 0 Å². The van der Waals surface area contributed by atoms with Gasteiger partial charge in [0.15, 0.2) is 5.96 Å². The van der Waals surface area contributed by atoms with Crippen molar-refractivity contribution in [1.82, 2.24) is 25.2 Å². The second kappa shape index (κ2) is 14.1. The summed E-state index contributed by atoms with van der Waals surface area (Å²) < 4.78 is 32.0. The highest BCUT2D eigenvalue weighted by molar-refractivity contribution is 14.0. The predicted molar refractivity (Wildman–Crippen MR) is 129 cm³/mol. The number of nitrogens with one attached hydrogen (secondary N) is 3. The van der Waals surface area contributed by atoms with Crippen molar-refractivity contribution in [2.24, 2.45) is 4.99 Å². The standard InChI is InChI=1S/C17H30N6O4S2.HI/c1-18-17(20-5-6-21-29(25,26)16-4-3-13-28-16)23-10-8-22(9-11-23)14-15(24)19-7-12-27-2;/h3-4,13,21H,5-12,14H2,1-2H3,(H,18,20)(H,19,24);1H. The molecule has 2 heterocycles. The maximum Gasteiger partial charge on any atom is 0.250 e. The van der Waals surface area contributed by atoms with Gasteiger partial charge in [0.2, 0.25) is 15.9 Å². The molecule has 0 radical (unpaired) electrons. The molecule has 13 heteroatoms. The lowest BCUT2D eigenvalue weighted by Crippen LogP contribution is -2.54. The number of amides is 1. The van der Waals surface area contributed by atoms with Crippen molar-refractivity contribution in [3.63, 3.8) is 0 Å². The molecule has 0 saturated carbocycles. The van der Waals surface area contributed by atoms with E-state index in [4.69, 9.17) is 4.74 Å². The first-order valence-electron chi connectivity index (χ1n) is 9.43. The van der Waals surface area contributed by atoms with Crippen LogP contribution in [-0.2, 0) is 19.6 Å². The molecule has 10 nitrogen and oxygen atoms in total. The van der Waals surface area contributed by atoms with Gasteiger partial charge in [-0.3, -0.25) is 14.7 Å². The van der Waals surface area contributed by atoms with E-state index in [1.807, 2.05) is 0 Å². The Balaban J connectivity index is 0.00000450. The number of nitrogens with zero attached hydrogens (tertiary/aromatic N) is 3. The average Bonchev–Trinajstić information content (AvgIpc) is 3.25. The van der Waals surface area contributed by atoms with Crippen LogP contribution in [0.15, 0.2) is 26.7 Å². The van der Waals surface area contributed by atoms with Crippen molar-refractivity contribution in [3.8, 4) is 0 Å². The number of guanidine groups is 1. The molecule has 0 spiro atoms. The zero-order valence-electron chi connectivity index (χ0n) is 17.3. The van der Waals surface area contributed by atoms with E-state index in [0.29, 0.717) is 30.5 Å². The summed E-state index contributed by atoms with van der Waals surface area (Å²) in [7, 11) is -0.147. The zero-order valence-corrected chi connectivity index (χ0v) is 21.3. The van der Waals surface area contributed by atoms with Crippen LogP contribution >= 0.6 is 35.3 Å². The first kappa shape index (κ1) is 27.0. The number of piperazine rings is 1. The highest BCUT2D eigenvalue weighted by Crippen LogP contribution is 2.14. The molecular weight excluding hydrogens is 543 g/mol. The van der Waals surface area contributed by atoms with Crippen LogP contribution in [0.4, 0.5) is 0 Å². The highest BCUT2D eigenvalue weighted by atomic mass is 127. The molecule has 1 aliphatic heterocycles. The van der Waals surface area contributed by atoms with Gasteiger partial charge in [-0.1, -0.05) is 6.07 Å². The van der Waals surface area contributed by atoms with Crippen molar-refractivity contribution in [2.75, 3.05) is 73.1 Å². The molecule has 1 aromatic heterocycles. The van der Waals surface area contributed by atoms with E-state index in [-0.39, 0.29) is 36.4 Å². The summed E-state index contributed by atoms with van der Waals surface area (Å²) in [5.74, 6) is 0.723. The average molecular weight is 575 g/mol.